The fourth-order valence-electron chi connectivity index (χ4n) is 3.72. The number of aromatic nitrogens is 3. The minimum absolute atomic E-state index is 0.104. The second kappa shape index (κ2) is 5.94. The third-order valence-corrected chi connectivity index (χ3v) is 5.13. The average molecular weight is 367 g/mol. The van der Waals surface area contributed by atoms with E-state index in [9.17, 15) is 9.18 Å². The number of ether oxygens (including phenoxy) is 1. The fourth-order valence-corrected chi connectivity index (χ4v) is 3.72. The molecule has 2 aliphatic heterocycles. The number of hydrogen-bond donors (Lipinski definition) is 1. The van der Waals surface area contributed by atoms with Crippen molar-refractivity contribution in [2.24, 2.45) is 0 Å². The van der Waals surface area contributed by atoms with Crippen molar-refractivity contribution in [3.8, 4) is 5.75 Å². The summed E-state index contributed by atoms with van der Waals surface area (Å²) in [5.74, 6) is 0.783. The molecule has 138 valence electrons. The van der Waals surface area contributed by atoms with E-state index < -0.39 is 0 Å². The molecular formula is C19H18FN5O2. The lowest BCUT2D eigenvalue weighted by Gasteiger charge is -2.21. The number of benzene rings is 1. The van der Waals surface area contributed by atoms with Crippen LogP contribution in [-0.2, 0) is 0 Å². The van der Waals surface area contributed by atoms with Gasteiger partial charge in [0, 0.05) is 24.7 Å². The summed E-state index contributed by atoms with van der Waals surface area (Å²) < 4.78 is 21.6. The maximum Gasteiger partial charge on any atom is 0.259 e. The summed E-state index contributed by atoms with van der Waals surface area (Å²) >= 11 is 0. The van der Waals surface area contributed by atoms with Crippen LogP contribution in [0.1, 0.15) is 35.3 Å². The van der Waals surface area contributed by atoms with Crippen LogP contribution in [0.25, 0.3) is 5.65 Å². The van der Waals surface area contributed by atoms with Gasteiger partial charge in [-0.1, -0.05) is 0 Å². The summed E-state index contributed by atoms with van der Waals surface area (Å²) in [7, 11) is 0. The van der Waals surface area contributed by atoms with Gasteiger partial charge in [-0.2, -0.15) is 5.10 Å². The molecule has 2 aromatic heterocycles. The van der Waals surface area contributed by atoms with E-state index in [1.54, 1.807) is 33.9 Å². The predicted molar refractivity (Wildman–Crippen MR) is 96.4 cm³/mol. The number of fused-ring (bicyclic) bond motifs is 4. The molecule has 0 radical (unpaired) electrons. The van der Waals surface area contributed by atoms with Gasteiger partial charge < -0.3 is 15.0 Å². The van der Waals surface area contributed by atoms with Crippen molar-refractivity contribution in [3.05, 3.63) is 53.6 Å². The molecule has 3 aromatic rings. The van der Waals surface area contributed by atoms with Crippen LogP contribution in [0.3, 0.4) is 0 Å². The van der Waals surface area contributed by atoms with E-state index in [4.69, 9.17) is 4.74 Å². The number of amides is 1. The topological polar surface area (TPSA) is 71.8 Å². The van der Waals surface area contributed by atoms with Crippen LogP contribution in [0.2, 0.25) is 0 Å². The number of nitrogens with one attached hydrogen (secondary N) is 1. The Hall–Kier alpha value is -3.16. The highest BCUT2D eigenvalue weighted by Gasteiger charge is 2.31. The quantitative estimate of drug-likeness (QED) is 0.661. The Morgan fingerprint density at radius 1 is 1.33 bits per heavy atom. The van der Waals surface area contributed by atoms with Crippen LogP contribution in [-0.4, -0.2) is 44.6 Å². The highest BCUT2D eigenvalue weighted by atomic mass is 19.1. The fraction of sp³-hybridized carbons (Fsp3) is 0.316. The van der Waals surface area contributed by atoms with Crippen molar-refractivity contribution in [3.63, 3.8) is 0 Å². The van der Waals surface area contributed by atoms with Gasteiger partial charge >= 0.3 is 0 Å². The number of halogens is 1. The Labute approximate surface area is 154 Å². The molecule has 8 heteroatoms. The second-order valence-corrected chi connectivity index (χ2v) is 6.97. The zero-order valence-corrected chi connectivity index (χ0v) is 14.7. The molecule has 0 saturated carbocycles. The highest BCUT2D eigenvalue weighted by Crippen LogP contribution is 2.31. The maximum atomic E-state index is 13.9. The molecule has 4 bridgehead atoms. The molecule has 1 fully saturated rings. The number of carbonyl (C=O) groups excluding carboxylic acids is 1. The van der Waals surface area contributed by atoms with Crippen molar-refractivity contribution in [1.82, 2.24) is 19.5 Å². The van der Waals surface area contributed by atoms with Gasteiger partial charge in [0.15, 0.2) is 5.65 Å². The molecule has 0 spiro atoms. The standard InChI is InChI=1S/C19H18FN5O2/c1-11-14-8-12(20)2-3-16(14)27-13-4-6-24(10-13)19(26)15-9-21-25-7-5-17(22-11)23-18(15)25/h2-3,5,7-9,11,13H,4,6,10H2,1H3,(H,22,23)/t11-,13+/m1/s1. The molecule has 0 unspecified atom stereocenters. The van der Waals surface area contributed by atoms with Crippen LogP contribution in [0, 0.1) is 5.82 Å². The Bertz CT molecular complexity index is 1050. The van der Waals surface area contributed by atoms with Crippen LogP contribution in [0.4, 0.5) is 10.2 Å². The third kappa shape index (κ3) is 2.68. The first-order valence-corrected chi connectivity index (χ1v) is 8.95. The van der Waals surface area contributed by atoms with Crippen LogP contribution >= 0.6 is 0 Å². The number of nitrogens with zero attached hydrogens (tertiary/aromatic N) is 4. The van der Waals surface area contributed by atoms with E-state index in [0.29, 0.717) is 35.9 Å². The number of anilines is 1. The van der Waals surface area contributed by atoms with Crippen LogP contribution in [0.5, 0.6) is 5.75 Å². The van der Waals surface area contributed by atoms with E-state index in [0.717, 1.165) is 12.0 Å². The van der Waals surface area contributed by atoms with Crippen molar-refractivity contribution >= 4 is 17.4 Å². The van der Waals surface area contributed by atoms with Gasteiger partial charge in [-0.15, -0.1) is 0 Å². The first-order valence-electron chi connectivity index (χ1n) is 8.95. The summed E-state index contributed by atoms with van der Waals surface area (Å²) in [6.07, 6.45) is 3.90. The highest BCUT2D eigenvalue weighted by molar-refractivity contribution is 6.00. The lowest BCUT2D eigenvalue weighted by molar-refractivity contribution is 0.0774. The van der Waals surface area contributed by atoms with Crippen molar-refractivity contribution in [2.75, 3.05) is 18.4 Å². The minimum Gasteiger partial charge on any atom is -0.488 e. The van der Waals surface area contributed by atoms with Crippen LogP contribution < -0.4 is 10.1 Å². The lowest BCUT2D eigenvalue weighted by atomic mass is 10.1. The molecule has 1 amide bonds. The summed E-state index contributed by atoms with van der Waals surface area (Å²) in [6.45, 7) is 3.01. The normalized spacial score (nSPS) is 21.9. The van der Waals surface area contributed by atoms with Gasteiger partial charge in [0.25, 0.3) is 5.91 Å². The average Bonchev–Trinajstić information content (AvgIpc) is 3.28. The number of hydrogen-bond acceptors (Lipinski definition) is 5. The lowest BCUT2D eigenvalue weighted by Crippen LogP contribution is -2.31. The Morgan fingerprint density at radius 2 is 2.22 bits per heavy atom. The maximum absolute atomic E-state index is 13.9. The van der Waals surface area contributed by atoms with Crippen molar-refractivity contribution < 1.29 is 13.9 Å². The van der Waals surface area contributed by atoms with Gasteiger partial charge in [0.05, 0.1) is 18.8 Å². The van der Waals surface area contributed by atoms with Gasteiger partial charge in [-0.25, -0.2) is 13.9 Å². The molecule has 0 aliphatic carbocycles. The molecule has 7 nitrogen and oxygen atoms in total. The number of carbonyl (C=O) groups is 1. The Balaban J connectivity index is 1.66. The first-order chi connectivity index (χ1) is 13.1. The van der Waals surface area contributed by atoms with Crippen molar-refractivity contribution in [1.29, 1.82) is 0 Å². The summed E-state index contributed by atoms with van der Waals surface area (Å²) in [4.78, 5) is 19.3. The number of rotatable bonds is 0. The van der Waals surface area contributed by atoms with E-state index in [-0.39, 0.29) is 23.9 Å². The third-order valence-electron chi connectivity index (χ3n) is 5.13. The molecule has 27 heavy (non-hydrogen) atoms. The SMILES string of the molecule is C[C@H]1Nc2ccn3ncc(c3n2)C(=O)N2CC[C@@H](C2)Oc2ccc(F)cc21. The molecule has 5 rings (SSSR count). The first kappa shape index (κ1) is 16.0. The van der Waals surface area contributed by atoms with Gasteiger partial charge in [0.1, 0.15) is 29.1 Å². The summed E-state index contributed by atoms with van der Waals surface area (Å²) in [5.41, 5.74) is 1.68. The molecule has 4 heterocycles. The predicted octanol–water partition coefficient (Wildman–Crippen LogP) is 2.65. The molecule has 1 saturated heterocycles. The second-order valence-electron chi connectivity index (χ2n) is 6.97. The van der Waals surface area contributed by atoms with Gasteiger partial charge in [-0.3, -0.25) is 4.79 Å². The molecular weight excluding hydrogens is 349 g/mol. The zero-order chi connectivity index (χ0) is 18.5. The van der Waals surface area contributed by atoms with Gasteiger partial charge in [0.2, 0.25) is 0 Å². The Morgan fingerprint density at radius 3 is 3.11 bits per heavy atom. The molecule has 2 atom stereocenters. The van der Waals surface area contributed by atoms with E-state index in [1.807, 2.05) is 6.92 Å². The summed E-state index contributed by atoms with van der Waals surface area (Å²) in [5, 5.41) is 7.50. The largest absolute Gasteiger partial charge is 0.488 e. The monoisotopic (exact) mass is 367 g/mol. The van der Waals surface area contributed by atoms with Crippen molar-refractivity contribution in [2.45, 2.75) is 25.5 Å². The molecule has 1 N–H and O–H groups in total. The van der Waals surface area contributed by atoms with Crippen LogP contribution in [0.15, 0.2) is 36.7 Å². The van der Waals surface area contributed by atoms with E-state index in [1.165, 1.54) is 12.1 Å². The Kier molecular flexibility index (Phi) is 3.53. The smallest absolute Gasteiger partial charge is 0.259 e. The minimum atomic E-state index is -0.319. The summed E-state index contributed by atoms with van der Waals surface area (Å²) in [6, 6.07) is 6.07. The zero-order valence-electron chi connectivity index (χ0n) is 14.7. The molecule has 2 aliphatic rings. The molecule has 1 aromatic carbocycles. The van der Waals surface area contributed by atoms with E-state index >= 15 is 0 Å². The van der Waals surface area contributed by atoms with Gasteiger partial charge in [-0.05, 0) is 31.2 Å². The van der Waals surface area contributed by atoms with E-state index in [2.05, 4.69) is 15.4 Å².